The maximum atomic E-state index is 10.9. The van der Waals surface area contributed by atoms with Gasteiger partial charge in [0.25, 0.3) is 0 Å². The second kappa shape index (κ2) is 9.88. The van der Waals surface area contributed by atoms with E-state index in [0.29, 0.717) is 0 Å². The minimum atomic E-state index is -0.590. The zero-order valence-electron chi connectivity index (χ0n) is 14.9. The van der Waals surface area contributed by atoms with Gasteiger partial charge in [0.1, 0.15) is 0 Å². The minimum absolute atomic E-state index is 0.142. The average molecular weight is 346 g/mol. The molecule has 3 N–H and O–H groups in total. The Hall–Kier alpha value is -2.46. The van der Waals surface area contributed by atoms with Crippen molar-refractivity contribution in [2.24, 2.45) is 0 Å². The van der Waals surface area contributed by atoms with Gasteiger partial charge in [0.15, 0.2) is 0 Å². The Kier molecular flexibility index (Phi) is 6.96. The summed E-state index contributed by atoms with van der Waals surface area (Å²) < 4.78 is 0. The molecule has 0 saturated heterocycles. The van der Waals surface area contributed by atoms with Crippen molar-refractivity contribution in [2.45, 2.75) is 18.7 Å². The lowest BCUT2D eigenvalue weighted by Crippen LogP contribution is -2.33. The summed E-state index contributed by atoms with van der Waals surface area (Å²) in [7, 11) is 0. The summed E-state index contributed by atoms with van der Waals surface area (Å²) in [6.45, 7) is 2.45. The summed E-state index contributed by atoms with van der Waals surface area (Å²) >= 11 is 0. The van der Waals surface area contributed by atoms with Crippen LogP contribution in [0, 0.1) is 0 Å². The van der Waals surface area contributed by atoms with E-state index in [0.717, 1.165) is 30.8 Å². The molecular weight excluding hydrogens is 320 g/mol. The van der Waals surface area contributed by atoms with Gasteiger partial charge in [0, 0.05) is 19.6 Å². The molecule has 0 bridgehead atoms. The number of aliphatic hydroxyl groups excluding tert-OH is 1. The fourth-order valence-corrected chi connectivity index (χ4v) is 3.06. The summed E-state index contributed by atoms with van der Waals surface area (Å²) in [5.74, 6) is 0. The third kappa shape index (κ3) is 5.27. The Morgan fingerprint density at radius 3 is 1.81 bits per heavy atom. The Morgan fingerprint density at radius 2 is 1.19 bits per heavy atom. The summed E-state index contributed by atoms with van der Waals surface area (Å²) in [6, 6.07) is 30.2. The molecule has 0 aliphatic rings. The highest BCUT2D eigenvalue weighted by atomic mass is 16.3. The molecule has 3 rings (SSSR count). The van der Waals surface area contributed by atoms with Crippen molar-refractivity contribution in [3.05, 3.63) is 108 Å². The van der Waals surface area contributed by atoms with Crippen LogP contribution in [0.5, 0.6) is 0 Å². The predicted molar refractivity (Wildman–Crippen MR) is 107 cm³/mol. The van der Waals surface area contributed by atoms with Gasteiger partial charge < -0.3 is 15.7 Å². The van der Waals surface area contributed by atoms with Crippen LogP contribution in [0.25, 0.3) is 0 Å². The third-order valence-corrected chi connectivity index (χ3v) is 4.45. The average Bonchev–Trinajstić information content (AvgIpc) is 2.72. The zero-order chi connectivity index (χ0) is 18.0. The molecular formula is C23H26N2O. The van der Waals surface area contributed by atoms with Crippen molar-refractivity contribution in [2.75, 3.05) is 13.1 Å². The summed E-state index contributed by atoms with van der Waals surface area (Å²) in [4.78, 5) is 0. The molecule has 0 aliphatic carbocycles. The van der Waals surface area contributed by atoms with Crippen LogP contribution in [0.3, 0.4) is 0 Å². The minimum Gasteiger partial charge on any atom is -0.386 e. The molecule has 3 heteroatoms. The number of rotatable bonds is 9. The lowest BCUT2D eigenvalue weighted by molar-refractivity contribution is 0.129. The number of nitrogens with one attached hydrogen (secondary N) is 2. The Bertz CT molecular complexity index is 747. The van der Waals surface area contributed by atoms with Crippen molar-refractivity contribution in [3.63, 3.8) is 0 Å². The Balaban J connectivity index is 1.58. The molecule has 134 valence electrons. The van der Waals surface area contributed by atoms with Crippen LogP contribution in [0.15, 0.2) is 91.0 Å². The second-order valence-electron chi connectivity index (χ2n) is 6.36. The third-order valence-electron chi connectivity index (χ3n) is 4.45. The first kappa shape index (κ1) is 18.3. The van der Waals surface area contributed by atoms with E-state index < -0.39 is 6.10 Å². The molecule has 0 spiro atoms. The molecule has 0 aliphatic heterocycles. The molecule has 0 aromatic heterocycles. The lowest BCUT2D eigenvalue weighted by Gasteiger charge is -2.25. The largest absolute Gasteiger partial charge is 0.386 e. The zero-order valence-corrected chi connectivity index (χ0v) is 14.9. The summed E-state index contributed by atoms with van der Waals surface area (Å²) in [5, 5.41) is 17.8. The van der Waals surface area contributed by atoms with E-state index in [1.165, 1.54) is 5.56 Å². The lowest BCUT2D eigenvalue weighted by atomic mass is 9.96. The Labute approximate surface area is 155 Å². The van der Waals surface area contributed by atoms with E-state index in [1.54, 1.807) is 0 Å². The van der Waals surface area contributed by atoms with Crippen LogP contribution < -0.4 is 10.6 Å². The monoisotopic (exact) mass is 346 g/mol. The van der Waals surface area contributed by atoms with E-state index in [4.69, 9.17) is 0 Å². The smallest absolute Gasteiger partial charge is 0.0984 e. The molecule has 3 aromatic carbocycles. The van der Waals surface area contributed by atoms with Crippen LogP contribution in [0.4, 0.5) is 0 Å². The number of hydrogen-bond donors (Lipinski definition) is 3. The van der Waals surface area contributed by atoms with Crippen LogP contribution in [0.1, 0.15) is 28.8 Å². The number of aliphatic hydroxyl groups is 1. The van der Waals surface area contributed by atoms with Crippen molar-refractivity contribution in [1.29, 1.82) is 0 Å². The molecule has 2 atom stereocenters. The van der Waals surface area contributed by atoms with Crippen molar-refractivity contribution in [1.82, 2.24) is 10.6 Å². The fourth-order valence-electron chi connectivity index (χ4n) is 3.06. The van der Waals surface area contributed by atoms with Gasteiger partial charge in [-0.3, -0.25) is 0 Å². The molecule has 26 heavy (non-hydrogen) atoms. The maximum Gasteiger partial charge on any atom is 0.0984 e. The van der Waals surface area contributed by atoms with E-state index >= 15 is 0 Å². The highest BCUT2D eigenvalue weighted by Gasteiger charge is 2.21. The first-order chi connectivity index (χ1) is 12.8. The van der Waals surface area contributed by atoms with Gasteiger partial charge in [-0.1, -0.05) is 91.0 Å². The first-order valence-corrected chi connectivity index (χ1v) is 9.10. The second-order valence-corrected chi connectivity index (χ2v) is 6.36. The van der Waals surface area contributed by atoms with Gasteiger partial charge in [0.2, 0.25) is 0 Å². The van der Waals surface area contributed by atoms with Crippen molar-refractivity contribution >= 4 is 0 Å². The van der Waals surface area contributed by atoms with Crippen LogP contribution in [-0.4, -0.2) is 18.2 Å². The summed E-state index contributed by atoms with van der Waals surface area (Å²) in [6.07, 6.45) is -0.590. The van der Waals surface area contributed by atoms with Crippen LogP contribution in [0.2, 0.25) is 0 Å². The van der Waals surface area contributed by atoms with Crippen molar-refractivity contribution < 1.29 is 5.11 Å². The standard InChI is InChI=1S/C23H26N2O/c26-23(21-14-8-3-9-15-21)22(20-12-6-2-7-13-20)25-17-16-24-18-19-10-4-1-5-11-19/h1-15,22-26H,16-18H2. The van der Waals surface area contributed by atoms with E-state index in [1.807, 2.05) is 54.6 Å². The molecule has 0 amide bonds. The molecule has 0 heterocycles. The fraction of sp³-hybridized carbons (Fsp3) is 0.217. The Morgan fingerprint density at radius 1 is 0.654 bits per heavy atom. The van der Waals surface area contributed by atoms with Crippen LogP contribution in [-0.2, 0) is 6.54 Å². The quantitative estimate of drug-likeness (QED) is 0.516. The van der Waals surface area contributed by atoms with Gasteiger partial charge in [0.05, 0.1) is 12.1 Å². The molecule has 3 nitrogen and oxygen atoms in total. The highest BCUT2D eigenvalue weighted by Crippen LogP contribution is 2.28. The van der Waals surface area contributed by atoms with Gasteiger partial charge in [-0.25, -0.2) is 0 Å². The van der Waals surface area contributed by atoms with E-state index in [9.17, 15) is 5.11 Å². The maximum absolute atomic E-state index is 10.9. The SMILES string of the molecule is OC(c1ccccc1)C(NCCNCc1ccccc1)c1ccccc1. The van der Waals surface area contributed by atoms with Gasteiger partial charge >= 0.3 is 0 Å². The van der Waals surface area contributed by atoms with E-state index in [-0.39, 0.29) is 6.04 Å². The molecule has 0 radical (unpaired) electrons. The normalized spacial score (nSPS) is 13.3. The highest BCUT2D eigenvalue weighted by molar-refractivity contribution is 5.26. The van der Waals surface area contributed by atoms with Gasteiger partial charge in [-0.15, -0.1) is 0 Å². The molecule has 2 unspecified atom stereocenters. The molecule has 3 aromatic rings. The summed E-state index contributed by atoms with van der Waals surface area (Å²) in [5.41, 5.74) is 3.29. The van der Waals surface area contributed by atoms with E-state index in [2.05, 4.69) is 47.0 Å². The van der Waals surface area contributed by atoms with Crippen LogP contribution >= 0.6 is 0 Å². The van der Waals surface area contributed by atoms with Gasteiger partial charge in [-0.2, -0.15) is 0 Å². The first-order valence-electron chi connectivity index (χ1n) is 9.10. The van der Waals surface area contributed by atoms with Gasteiger partial charge in [-0.05, 0) is 16.7 Å². The topological polar surface area (TPSA) is 44.3 Å². The predicted octanol–water partition coefficient (Wildman–Crippen LogP) is 3.84. The number of benzene rings is 3. The number of hydrogen-bond acceptors (Lipinski definition) is 3. The van der Waals surface area contributed by atoms with Crippen molar-refractivity contribution in [3.8, 4) is 0 Å². The molecule has 0 saturated carbocycles. The molecule has 0 fully saturated rings.